The molecule has 0 saturated carbocycles. The lowest BCUT2D eigenvalue weighted by molar-refractivity contribution is -0.132. The molecular formula is C19H15NO5. The summed E-state index contributed by atoms with van der Waals surface area (Å²) >= 11 is 0. The van der Waals surface area contributed by atoms with E-state index in [0.717, 1.165) is 4.90 Å². The fourth-order valence-electron chi connectivity index (χ4n) is 2.55. The summed E-state index contributed by atoms with van der Waals surface area (Å²) < 4.78 is 5.31. The molecule has 1 heterocycles. The van der Waals surface area contributed by atoms with Gasteiger partial charge < -0.3 is 9.84 Å². The number of benzene rings is 2. The van der Waals surface area contributed by atoms with Crippen molar-refractivity contribution in [1.82, 2.24) is 0 Å². The monoisotopic (exact) mass is 337 g/mol. The normalized spacial score (nSPS) is 16.4. The number of amides is 2. The van der Waals surface area contributed by atoms with Crippen LogP contribution >= 0.6 is 0 Å². The van der Waals surface area contributed by atoms with Gasteiger partial charge in [0, 0.05) is 5.56 Å². The van der Waals surface area contributed by atoms with E-state index in [2.05, 4.69) is 0 Å². The smallest absolute Gasteiger partial charge is 0.306 e. The molecular weight excluding hydrogens is 322 g/mol. The number of hydrogen-bond acceptors (Lipinski definition) is 5. The number of ketones is 1. The van der Waals surface area contributed by atoms with E-state index < -0.39 is 28.9 Å². The van der Waals surface area contributed by atoms with Gasteiger partial charge in [-0.2, -0.15) is 0 Å². The number of rotatable bonds is 4. The maximum atomic E-state index is 12.6. The molecule has 2 aromatic rings. The lowest BCUT2D eigenvalue weighted by Gasteiger charge is -2.13. The predicted molar refractivity (Wildman–Crippen MR) is 91.1 cm³/mol. The summed E-state index contributed by atoms with van der Waals surface area (Å²) in [4.78, 5) is 37.8. The van der Waals surface area contributed by atoms with Gasteiger partial charge in [-0.3, -0.25) is 14.4 Å². The molecule has 0 radical (unpaired) electrons. The SMILES string of the molecule is CCOc1ccc(N2C(=O)C(=O)/C(=C(\O)c3ccccc3)C2=O)cc1. The molecule has 0 atom stereocenters. The highest BCUT2D eigenvalue weighted by Crippen LogP contribution is 2.29. The quantitative estimate of drug-likeness (QED) is 0.305. The number of ether oxygens (including phenoxy) is 1. The molecule has 1 N–H and O–H groups in total. The first-order valence-corrected chi connectivity index (χ1v) is 7.69. The number of carbonyl (C=O) groups excluding carboxylic acids is 3. The van der Waals surface area contributed by atoms with Crippen LogP contribution in [0.4, 0.5) is 5.69 Å². The summed E-state index contributed by atoms with van der Waals surface area (Å²) in [7, 11) is 0. The molecule has 0 aliphatic carbocycles. The number of aliphatic hydroxyl groups excluding tert-OH is 1. The Hall–Kier alpha value is -3.41. The van der Waals surface area contributed by atoms with Gasteiger partial charge in [-0.05, 0) is 31.2 Å². The van der Waals surface area contributed by atoms with Crippen molar-refractivity contribution in [2.75, 3.05) is 11.5 Å². The Labute approximate surface area is 143 Å². The first kappa shape index (κ1) is 16.4. The summed E-state index contributed by atoms with van der Waals surface area (Å²) in [6, 6.07) is 14.4. The zero-order valence-corrected chi connectivity index (χ0v) is 13.4. The average molecular weight is 337 g/mol. The summed E-state index contributed by atoms with van der Waals surface area (Å²) in [6.45, 7) is 2.32. The van der Waals surface area contributed by atoms with Gasteiger partial charge in [0.15, 0.2) is 0 Å². The summed E-state index contributed by atoms with van der Waals surface area (Å²) in [5.41, 5.74) is 0.00768. The minimum Gasteiger partial charge on any atom is -0.506 e. The van der Waals surface area contributed by atoms with Gasteiger partial charge in [-0.15, -0.1) is 0 Å². The van der Waals surface area contributed by atoms with E-state index in [9.17, 15) is 19.5 Å². The largest absolute Gasteiger partial charge is 0.506 e. The first-order valence-electron chi connectivity index (χ1n) is 7.69. The number of imide groups is 1. The number of aliphatic hydroxyl groups is 1. The zero-order chi connectivity index (χ0) is 18.0. The highest BCUT2D eigenvalue weighted by molar-refractivity contribution is 6.64. The summed E-state index contributed by atoms with van der Waals surface area (Å²) in [5, 5.41) is 10.3. The van der Waals surface area contributed by atoms with Crippen LogP contribution in [-0.4, -0.2) is 29.3 Å². The molecule has 6 nitrogen and oxygen atoms in total. The molecule has 0 spiro atoms. The molecule has 3 rings (SSSR count). The average Bonchev–Trinajstić information content (AvgIpc) is 2.85. The van der Waals surface area contributed by atoms with Crippen LogP contribution in [0.1, 0.15) is 12.5 Å². The second-order valence-corrected chi connectivity index (χ2v) is 5.29. The molecule has 0 unspecified atom stereocenters. The Morgan fingerprint density at radius 1 is 0.960 bits per heavy atom. The van der Waals surface area contributed by atoms with Gasteiger partial charge in [-0.25, -0.2) is 4.90 Å². The van der Waals surface area contributed by atoms with Gasteiger partial charge >= 0.3 is 5.91 Å². The molecule has 1 aliphatic rings. The Balaban J connectivity index is 2.00. The van der Waals surface area contributed by atoms with Crippen LogP contribution in [0.3, 0.4) is 0 Å². The molecule has 1 fully saturated rings. The van der Waals surface area contributed by atoms with E-state index in [4.69, 9.17) is 4.74 Å². The zero-order valence-electron chi connectivity index (χ0n) is 13.4. The molecule has 1 saturated heterocycles. The van der Waals surface area contributed by atoms with Crippen molar-refractivity contribution in [2.45, 2.75) is 6.92 Å². The maximum Gasteiger partial charge on any atom is 0.306 e. The third kappa shape index (κ3) is 2.89. The molecule has 0 aromatic heterocycles. The van der Waals surface area contributed by atoms with Gasteiger partial charge in [0.2, 0.25) is 0 Å². The van der Waals surface area contributed by atoms with Crippen molar-refractivity contribution in [1.29, 1.82) is 0 Å². The molecule has 2 amide bonds. The second-order valence-electron chi connectivity index (χ2n) is 5.29. The van der Waals surface area contributed by atoms with Crippen LogP contribution in [-0.2, 0) is 14.4 Å². The minimum absolute atomic E-state index is 0.239. The Morgan fingerprint density at radius 2 is 1.60 bits per heavy atom. The van der Waals surface area contributed by atoms with Gasteiger partial charge in [0.1, 0.15) is 17.1 Å². The fraction of sp³-hybridized carbons (Fsp3) is 0.105. The molecule has 25 heavy (non-hydrogen) atoms. The first-order chi connectivity index (χ1) is 12.0. The number of hydrogen-bond donors (Lipinski definition) is 1. The second kappa shape index (κ2) is 6.60. The van der Waals surface area contributed by atoms with Crippen molar-refractivity contribution in [3.8, 4) is 5.75 Å². The van der Waals surface area contributed by atoms with Crippen LogP contribution < -0.4 is 9.64 Å². The molecule has 126 valence electrons. The van der Waals surface area contributed by atoms with E-state index in [1.165, 1.54) is 12.1 Å². The molecule has 6 heteroatoms. The number of Topliss-reactive ketones (excluding diaryl/α,β-unsaturated/α-hetero) is 1. The van der Waals surface area contributed by atoms with Crippen LogP contribution in [0.25, 0.3) is 5.76 Å². The minimum atomic E-state index is -1.03. The Morgan fingerprint density at radius 3 is 2.20 bits per heavy atom. The van der Waals surface area contributed by atoms with Crippen LogP contribution in [0.2, 0.25) is 0 Å². The van der Waals surface area contributed by atoms with Crippen molar-refractivity contribution in [2.24, 2.45) is 0 Å². The standard InChI is InChI=1S/C19H15NO5/c1-2-25-14-10-8-13(9-11-14)20-18(23)15(17(22)19(20)24)16(21)12-6-4-3-5-7-12/h3-11,21H,2H2,1H3/b16-15+. The van der Waals surface area contributed by atoms with Crippen molar-refractivity contribution < 1.29 is 24.2 Å². The van der Waals surface area contributed by atoms with Gasteiger partial charge in [0.25, 0.3) is 11.7 Å². The topological polar surface area (TPSA) is 83.9 Å². The lowest BCUT2D eigenvalue weighted by atomic mass is 10.1. The third-order valence-electron chi connectivity index (χ3n) is 3.73. The van der Waals surface area contributed by atoms with Gasteiger partial charge in [-0.1, -0.05) is 30.3 Å². The van der Waals surface area contributed by atoms with E-state index in [1.807, 2.05) is 6.92 Å². The van der Waals surface area contributed by atoms with E-state index in [1.54, 1.807) is 42.5 Å². The molecule has 2 aromatic carbocycles. The van der Waals surface area contributed by atoms with E-state index in [-0.39, 0.29) is 5.69 Å². The number of anilines is 1. The van der Waals surface area contributed by atoms with Crippen LogP contribution in [0.15, 0.2) is 60.2 Å². The fourth-order valence-corrected chi connectivity index (χ4v) is 2.55. The predicted octanol–water partition coefficient (Wildman–Crippen LogP) is 2.50. The Kier molecular flexibility index (Phi) is 4.35. The highest BCUT2D eigenvalue weighted by atomic mass is 16.5. The number of nitrogens with zero attached hydrogens (tertiary/aromatic N) is 1. The van der Waals surface area contributed by atoms with E-state index >= 15 is 0 Å². The summed E-state index contributed by atoms with van der Waals surface area (Å²) in [6.07, 6.45) is 0. The van der Waals surface area contributed by atoms with Crippen molar-refractivity contribution >= 4 is 29.0 Å². The van der Waals surface area contributed by atoms with Gasteiger partial charge in [0.05, 0.1) is 12.3 Å². The lowest BCUT2D eigenvalue weighted by Crippen LogP contribution is -2.30. The number of carbonyl (C=O) groups is 3. The van der Waals surface area contributed by atoms with Crippen LogP contribution in [0, 0.1) is 0 Å². The Bertz CT molecular complexity index is 868. The maximum absolute atomic E-state index is 12.6. The van der Waals surface area contributed by atoms with Crippen molar-refractivity contribution in [3.05, 3.63) is 65.7 Å². The van der Waals surface area contributed by atoms with Crippen molar-refractivity contribution in [3.63, 3.8) is 0 Å². The van der Waals surface area contributed by atoms with Crippen LogP contribution in [0.5, 0.6) is 5.75 Å². The highest BCUT2D eigenvalue weighted by Gasteiger charge is 2.45. The molecule has 1 aliphatic heterocycles. The summed E-state index contributed by atoms with van der Waals surface area (Å²) in [5.74, 6) is -2.79. The third-order valence-corrected chi connectivity index (χ3v) is 3.73. The van der Waals surface area contributed by atoms with E-state index in [0.29, 0.717) is 17.9 Å². The molecule has 0 bridgehead atoms.